The number of para-hydroxylation sites is 1. The van der Waals surface area contributed by atoms with Crippen molar-refractivity contribution in [1.82, 2.24) is 14.8 Å². The fraction of sp³-hybridized carbons (Fsp3) is 0.238. The van der Waals surface area contributed by atoms with Gasteiger partial charge in [-0.25, -0.2) is 4.98 Å². The zero-order chi connectivity index (χ0) is 18.6. The van der Waals surface area contributed by atoms with Crippen LogP contribution in [-0.4, -0.2) is 52.0 Å². The second-order valence-electron chi connectivity index (χ2n) is 6.60. The third-order valence-electron chi connectivity index (χ3n) is 4.75. The number of phenolic OH excluding ortho intramolecular Hbond substituents is 1. The maximum Gasteiger partial charge on any atom is 0.257 e. The SMILES string of the molecule is O=C(c1ccccc1O)N1CCN(Cc2csc(-c3ccccc3)n2)CC1. The van der Waals surface area contributed by atoms with Gasteiger partial charge in [0, 0.05) is 43.7 Å². The molecule has 1 aromatic heterocycles. The molecule has 5 nitrogen and oxygen atoms in total. The molecule has 0 atom stereocenters. The molecule has 2 heterocycles. The minimum Gasteiger partial charge on any atom is -0.507 e. The Morgan fingerprint density at radius 2 is 1.70 bits per heavy atom. The lowest BCUT2D eigenvalue weighted by atomic mass is 10.1. The molecule has 0 saturated carbocycles. The van der Waals surface area contributed by atoms with E-state index in [1.54, 1.807) is 35.6 Å². The van der Waals surface area contributed by atoms with Crippen molar-refractivity contribution in [3.05, 3.63) is 71.2 Å². The highest BCUT2D eigenvalue weighted by molar-refractivity contribution is 7.13. The van der Waals surface area contributed by atoms with Crippen LogP contribution in [0.5, 0.6) is 5.75 Å². The summed E-state index contributed by atoms with van der Waals surface area (Å²) in [5.41, 5.74) is 2.59. The van der Waals surface area contributed by atoms with Crippen LogP contribution in [0.3, 0.4) is 0 Å². The van der Waals surface area contributed by atoms with Crippen molar-refractivity contribution in [3.8, 4) is 16.3 Å². The predicted octanol–water partition coefficient (Wildman–Crippen LogP) is 3.47. The molecule has 6 heteroatoms. The number of piperazine rings is 1. The van der Waals surface area contributed by atoms with E-state index in [-0.39, 0.29) is 11.7 Å². The predicted molar refractivity (Wildman–Crippen MR) is 107 cm³/mol. The molecule has 0 unspecified atom stereocenters. The first-order valence-electron chi connectivity index (χ1n) is 9.00. The fourth-order valence-electron chi connectivity index (χ4n) is 3.26. The summed E-state index contributed by atoms with van der Waals surface area (Å²) in [5.74, 6) is -0.0615. The minimum atomic E-state index is -0.104. The van der Waals surface area contributed by atoms with Gasteiger partial charge in [0.15, 0.2) is 0 Å². The average Bonchev–Trinajstić information content (AvgIpc) is 3.18. The summed E-state index contributed by atoms with van der Waals surface area (Å²) >= 11 is 1.67. The molecule has 138 valence electrons. The summed E-state index contributed by atoms with van der Waals surface area (Å²) < 4.78 is 0. The number of phenols is 1. The van der Waals surface area contributed by atoms with Gasteiger partial charge in [-0.3, -0.25) is 9.69 Å². The number of carbonyl (C=O) groups is 1. The standard InChI is InChI=1S/C21H21N3O2S/c25-19-9-5-4-8-18(19)21(26)24-12-10-23(11-13-24)14-17-15-27-20(22-17)16-6-2-1-3-7-16/h1-9,15,25H,10-14H2. The van der Waals surface area contributed by atoms with Crippen LogP contribution >= 0.6 is 11.3 Å². The molecule has 0 spiro atoms. The molecule has 2 aromatic carbocycles. The summed E-state index contributed by atoms with van der Waals surface area (Å²) in [4.78, 5) is 21.5. The smallest absolute Gasteiger partial charge is 0.257 e. The number of benzene rings is 2. The topological polar surface area (TPSA) is 56.7 Å². The van der Waals surface area contributed by atoms with Crippen molar-refractivity contribution in [2.75, 3.05) is 26.2 Å². The number of carbonyl (C=O) groups excluding carboxylic acids is 1. The molecule has 1 amide bonds. The van der Waals surface area contributed by atoms with E-state index in [2.05, 4.69) is 22.4 Å². The summed E-state index contributed by atoms with van der Waals surface area (Å²) in [5, 5.41) is 13.0. The van der Waals surface area contributed by atoms with E-state index < -0.39 is 0 Å². The molecule has 0 aliphatic carbocycles. The van der Waals surface area contributed by atoms with Crippen LogP contribution in [0.2, 0.25) is 0 Å². The van der Waals surface area contributed by atoms with Crippen molar-refractivity contribution in [2.45, 2.75) is 6.54 Å². The Bertz CT molecular complexity index is 918. The third kappa shape index (κ3) is 4.02. The van der Waals surface area contributed by atoms with Crippen LogP contribution in [0.25, 0.3) is 10.6 Å². The van der Waals surface area contributed by atoms with E-state index in [4.69, 9.17) is 4.98 Å². The van der Waals surface area contributed by atoms with E-state index >= 15 is 0 Å². The second kappa shape index (κ2) is 7.90. The Morgan fingerprint density at radius 3 is 2.44 bits per heavy atom. The number of amides is 1. The zero-order valence-corrected chi connectivity index (χ0v) is 15.7. The lowest BCUT2D eigenvalue weighted by Crippen LogP contribution is -2.48. The molecule has 1 fully saturated rings. The maximum atomic E-state index is 12.6. The maximum absolute atomic E-state index is 12.6. The van der Waals surface area contributed by atoms with Crippen LogP contribution in [0.15, 0.2) is 60.0 Å². The molecular formula is C21H21N3O2S. The fourth-order valence-corrected chi connectivity index (χ4v) is 4.07. The number of hydrogen-bond acceptors (Lipinski definition) is 5. The van der Waals surface area contributed by atoms with E-state index in [1.165, 1.54) is 0 Å². The summed E-state index contributed by atoms with van der Waals surface area (Å²) in [7, 11) is 0. The molecule has 1 aliphatic rings. The molecule has 1 aliphatic heterocycles. The summed E-state index contributed by atoms with van der Waals surface area (Å²) in [6.45, 7) is 3.71. The third-order valence-corrected chi connectivity index (χ3v) is 5.69. The van der Waals surface area contributed by atoms with Crippen molar-refractivity contribution < 1.29 is 9.90 Å². The first-order valence-corrected chi connectivity index (χ1v) is 9.88. The van der Waals surface area contributed by atoms with Gasteiger partial charge in [-0.15, -0.1) is 11.3 Å². The van der Waals surface area contributed by atoms with Gasteiger partial charge in [0.25, 0.3) is 5.91 Å². The molecule has 0 radical (unpaired) electrons. The lowest BCUT2D eigenvalue weighted by Gasteiger charge is -2.34. The monoisotopic (exact) mass is 379 g/mol. The van der Waals surface area contributed by atoms with E-state index in [0.29, 0.717) is 18.7 Å². The number of aromatic nitrogens is 1. The van der Waals surface area contributed by atoms with E-state index in [0.717, 1.165) is 35.9 Å². The number of thiazole rings is 1. The van der Waals surface area contributed by atoms with Crippen molar-refractivity contribution in [1.29, 1.82) is 0 Å². The first kappa shape index (κ1) is 17.7. The molecule has 27 heavy (non-hydrogen) atoms. The second-order valence-corrected chi connectivity index (χ2v) is 7.45. The number of aromatic hydroxyl groups is 1. The Balaban J connectivity index is 1.34. The Morgan fingerprint density at radius 1 is 1.00 bits per heavy atom. The number of hydrogen-bond donors (Lipinski definition) is 1. The van der Waals surface area contributed by atoms with Gasteiger partial charge in [0.2, 0.25) is 0 Å². The van der Waals surface area contributed by atoms with Gasteiger partial charge >= 0.3 is 0 Å². The largest absolute Gasteiger partial charge is 0.507 e. The van der Waals surface area contributed by atoms with Gasteiger partial charge in [-0.05, 0) is 12.1 Å². The van der Waals surface area contributed by atoms with Gasteiger partial charge < -0.3 is 10.0 Å². The van der Waals surface area contributed by atoms with E-state index in [9.17, 15) is 9.90 Å². The van der Waals surface area contributed by atoms with Crippen LogP contribution in [0, 0.1) is 0 Å². The lowest BCUT2D eigenvalue weighted by molar-refractivity contribution is 0.0624. The molecule has 4 rings (SSSR count). The minimum absolute atomic E-state index is 0.0424. The molecule has 0 bridgehead atoms. The van der Waals surface area contributed by atoms with Crippen LogP contribution in [-0.2, 0) is 6.54 Å². The van der Waals surface area contributed by atoms with Gasteiger partial charge in [0.05, 0.1) is 11.3 Å². The summed E-state index contributed by atoms with van der Waals surface area (Å²) in [6, 6.07) is 16.9. The van der Waals surface area contributed by atoms with Crippen LogP contribution in [0.4, 0.5) is 0 Å². The van der Waals surface area contributed by atoms with E-state index in [1.807, 2.05) is 23.1 Å². The van der Waals surface area contributed by atoms with Crippen molar-refractivity contribution >= 4 is 17.2 Å². The highest BCUT2D eigenvalue weighted by atomic mass is 32.1. The normalized spacial score (nSPS) is 15.0. The van der Waals surface area contributed by atoms with Crippen molar-refractivity contribution in [3.63, 3.8) is 0 Å². The zero-order valence-electron chi connectivity index (χ0n) is 14.9. The molecule has 1 saturated heterocycles. The van der Waals surface area contributed by atoms with Crippen molar-refractivity contribution in [2.24, 2.45) is 0 Å². The van der Waals surface area contributed by atoms with Gasteiger partial charge in [-0.1, -0.05) is 42.5 Å². The summed E-state index contributed by atoms with van der Waals surface area (Å²) in [6.07, 6.45) is 0. The Labute approximate surface area is 162 Å². The highest BCUT2D eigenvalue weighted by Crippen LogP contribution is 2.24. The molecular weight excluding hydrogens is 358 g/mol. The van der Waals surface area contributed by atoms with Crippen LogP contribution < -0.4 is 0 Å². The number of nitrogens with zero attached hydrogens (tertiary/aromatic N) is 3. The average molecular weight is 379 g/mol. The molecule has 1 N–H and O–H groups in total. The first-order chi connectivity index (χ1) is 13.2. The van der Waals surface area contributed by atoms with Gasteiger partial charge in [-0.2, -0.15) is 0 Å². The highest BCUT2D eigenvalue weighted by Gasteiger charge is 2.24. The quantitative estimate of drug-likeness (QED) is 0.754. The van der Waals surface area contributed by atoms with Crippen LogP contribution in [0.1, 0.15) is 16.1 Å². The number of rotatable bonds is 4. The Kier molecular flexibility index (Phi) is 5.18. The molecule has 3 aromatic rings. The Hall–Kier alpha value is -2.70. The van der Waals surface area contributed by atoms with Gasteiger partial charge in [0.1, 0.15) is 10.8 Å².